The van der Waals surface area contributed by atoms with Crippen LogP contribution in [0.25, 0.3) is 0 Å². The Balaban J connectivity index is 1.57. The zero-order chi connectivity index (χ0) is 16.6. The number of nitrogens with zero attached hydrogens (tertiary/aromatic N) is 4. The number of hydrogen-bond donors (Lipinski definition) is 1. The topological polar surface area (TPSA) is 83.9 Å². The Morgan fingerprint density at radius 1 is 1.30 bits per heavy atom. The largest absolute Gasteiger partial charge is 0.332 e. The van der Waals surface area contributed by atoms with Gasteiger partial charge in [-0.1, -0.05) is 0 Å². The molecule has 3 rings (SSSR count). The van der Waals surface area contributed by atoms with Gasteiger partial charge in [0.1, 0.15) is 5.82 Å². The van der Waals surface area contributed by atoms with Gasteiger partial charge in [0, 0.05) is 18.7 Å². The lowest BCUT2D eigenvalue weighted by Gasteiger charge is -2.14. The molecule has 7 nitrogen and oxygen atoms in total. The van der Waals surface area contributed by atoms with E-state index in [0.717, 1.165) is 30.0 Å². The smallest absolute Gasteiger partial charge is 0.256 e. The van der Waals surface area contributed by atoms with Crippen molar-refractivity contribution in [2.75, 3.05) is 0 Å². The van der Waals surface area contributed by atoms with E-state index in [1.807, 2.05) is 24.6 Å². The first-order chi connectivity index (χ1) is 10.9. The van der Waals surface area contributed by atoms with Crippen molar-refractivity contribution in [3.63, 3.8) is 0 Å². The quantitative estimate of drug-likeness (QED) is 0.919. The molecule has 0 radical (unpaired) electrons. The van der Waals surface area contributed by atoms with Crippen molar-refractivity contribution < 1.29 is 4.79 Å². The normalized spacial score (nSPS) is 13.4. The van der Waals surface area contributed by atoms with Gasteiger partial charge in [-0.2, -0.15) is 5.10 Å². The number of hydrogen-bond acceptors (Lipinski definition) is 4. The van der Waals surface area contributed by atoms with Crippen molar-refractivity contribution >= 4 is 5.91 Å². The van der Waals surface area contributed by atoms with Crippen LogP contribution in [-0.2, 0) is 24.4 Å². The minimum atomic E-state index is -0.134. The molecule has 2 aromatic heterocycles. The van der Waals surface area contributed by atoms with E-state index in [4.69, 9.17) is 0 Å². The number of carbonyl (C=O) groups excluding carboxylic acids is 1. The number of amides is 1. The monoisotopic (exact) mass is 315 g/mol. The molecule has 0 saturated heterocycles. The van der Waals surface area contributed by atoms with Gasteiger partial charge in [-0.3, -0.25) is 14.3 Å². The first kappa shape index (κ1) is 15.5. The van der Waals surface area contributed by atoms with Crippen LogP contribution in [-0.4, -0.2) is 30.6 Å². The van der Waals surface area contributed by atoms with Crippen LogP contribution in [0.5, 0.6) is 0 Å². The first-order valence-corrected chi connectivity index (χ1v) is 7.81. The minimum absolute atomic E-state index is 0.0570. The maximum absolute atomic E-state index is 12.3. The van der Waals surface area contributed by atoms with Crippen LogP contribution in [0, 0.1) is 20.8 Å². The lowest BCUT2D eigenvalue weighted by molar-refractivity contribution is -0.132. The van der Waals surface area contributed by atoms with Gasteiger partial charge in [0.25, 0.3) is 5.56 Å². The summed E-state index contributed by atoms with van der Waals surface area (Å²) in [4.78, 5) is 33.0. The van der Waals surface area contributed by atoms with Crippen molar-refractivity contribution in [1.82, 2.24) is 24.6 Å². The second-order valence-corrected chi connectivity index (χ2v) is 6.08. The second kappa shape index (κ2) is 5.98. The van der Waals surface area contributed by atoms with Crippen molar-refractivity contribution in [2.45, 2.75) is 53.2 Å². The Labute approximate surface area is 134 Å². The second-order valence-electron chi connectivity index (χ2n) is 6.08. The highest BCUT2D eigenvalue weighted by molar-refractivity contribution is 5.76. The maximum Gasteiger partial charge on any atom is 0.256 e. The zero-order valence-corrected chi connectivity index (χ0v) is 13.7. The number of fused-ring (bicyclic) bond motifs is 1. The van der Waals surface area contributed by atoms with Gasteiger partial charge >= 0.3 is 0 Å². The van der Waals surface area contributed by atoms with Crippen LogP contribution in [0.3, 0.4) is 0 Å². The molecule has 0 bridgehead atoms. The summed E-state index contributed by atoms with van der Waals surface area (Å²) in [5.74, 6) is 0.647. The van der Waals surface area contributed by atoms with E-state index in [0.29, 0.717) is 30.9 Å². The molecule has 1 amide bonds. The highest BCUT2D eigenvalue weighted by Gasteiger charge is 2.26. The van der Waals surface area contributed by atoms with Gasteiger partial charge < -0.3 is 9.88 Å². The number of aryl methyl sites for hydroxylation is 4. The summed E-state index contributed by atoms with van der Waals surface area (Å²) in [6.45, 7) is 7.24. The van der Waals surface area contributed by atoms with E-state index in [1.54, 1.807) is 11.8 Å². The number of H-pyrrole nitrogens is 1. The van der Waals surface area contributed by atoms with E-state index in [2.05, 4.69) is 15.1 Å². The average Bonchev–Trinajstić information content (AvgIpc) is 3.02. The predicted molar refractivity (Wildman–Crippen MR) is 84.8 cm³/mol. The predicted octanol–water partition coefficient (Wildman–Crippen LogP) is 1.21. The molecule has 3 heterocycles. The summed E-state index contributed by atoms with van der Waals surface area (Å²) in [5.41, 5.74) is 3.30. The summed E-state index contributed by atoms with van der Waals surface area (Å²) in [7, 11) is 0. The maximum atomic E-state index is 12.3. The molecule has 0 atom stereocenters. The molecule has 1 aliphatic rings. The third-order valence-electron chi connectivity index (χ3n) is 4.13. The lowest BCUT2D eigenvalue weighted by Crippen LogP contribution is -2.26. The molecule has 0 unspecified atom stereocenters. The summed E-state index contributed by atoms with van der Waals surface area (Å²) in [5, 5.41) is 4.39. The average molecular weight is 315 g/mol. The van der Waals surface area contributed by atoms with Gasteiger partial charge in [0.2, 0.25) is 5.91 Å². The molecule has 1 aliphatic heterocycles. The Bertz CT molecular complexity index is 805. The molecule has 0 spiro atoms. The summed E-state index contributed by atoms with van der Waals surface area (Å²) in [6.07, 6.45) is 1.18. The highest BCUT2D eigenvalue weighted by Crippen LogP contribution is 2.19. The fourth-order valence-electron chi connectivity index (χ4n) is 3.01. The van der Waals surface area contributed by atoms with Crippen molar-refractivity contribution in [3.05, 3.63) is 44.9 Å². The van der Waals surface area contributed by atoms with Crippen molar-refractivity contribution in [1.29, 1.82) is 0 Å². The molecule has 0 aliphatic carbocycles. The summed E-state index contributed by atoms with van der Waals surface area (Å²) >= 11 is 0. The van der Waals surface area contributed by atoms with Gasteiger partial charge in [0.15, 0.2) is 0 Å². The van der Waals surface area contributed by atoms with Crippen LogP contribution >= 0.6 is 0 Å². The molecule has 1 N–H and O–H groups in total. The van der Waals surface area contributed by atoms with Gasteiger partial charge in [-0.05, 0) is 33.3 Å². The summed E-state index contributed by atoms with van der Waals surface area (Å²) in [6, 6.07) is 2.03. The third-order valence-corrected chi connectivity index (χ3v) is 4.13. The van der Waals surface area contributed by atoms with E-state index in [1.165, 1.54) is 0 Å². The standard InChI is InChI=1S/C16H21N5O2/c1-10-7-11(2)21(19-10)6-4-5-15(22)20-8-13-14(9-20)17-12(3)18-16(13)23/h7H,4-6,8-9H2,1-3H3,(H,17,18,23). The Morgan fingerprint density at radius 3 is 2.78 bits per heavy atom. The Kier molecular flexibility index (Phi) is 4.02. The fourth-order valence-corrected chi connectivity index (χ4v) is 3.01. The molecule has 0 fully saturated rings. The van der Waals surface area contributed by atoms with E-state index in [9.17, 15) is 9.59 Å². The van der Waals surface area contributed by atoms with Crippen LogP contribution in [0.4, 0.5) is 0 Å². The third kappa shape index (κ3) is 3.18. The first-order valence-electron chi connectivity index (χ1n) is 7.81. The number of aromatic amines is 1. The van der Waals surface area contributed by atoms with Crippen molar-refractivity contribution in [2.24, 2.45) is 0 Å². The minimum Gasteiger partial charge on any atom is -0.332 e. The Hall–Kier alpha value is -2.44. The SMILES string of the molecule is Cc1cc(C)n(CCCC(=O)N2Cc3nc(C)[nH]c(=O)c3C2)n1. The van der Waals surface area contributed by atoms with Crippen LogP contribution in [0.2, 0.25) is 0 Å². The van der Waals surface area contributed by atoms with Gasteiger partial charge in [-0.15, -0.1) is 0 Å². The lowest BCUT2D eigenvalue weighted by atomic mass is 10.2. The van der Waals surface area contributed by atoms with E-state index >= 15 is 0 Å². The van der Waals surface area contributed by atoms with E-state index in [-0.39, 0.29) is 11.5 Å². The van der Waals surface area contributed by atoms with Crippen LogP contribution < -0.4 is 5.56 Å². The number of aromatic nitrogens is 4. The van der Waals surface area contributed by atoms with Gasteiger partial charge in [-0.25, -0.2) is 4.98 Å². The van der Waals surface area contributed by atoms with Crippen LogP contribution in [0.1, 0.15) is 41.3 Å². The molecular formula is C16H21N5O2. The fraction of sp³-hybridized carbons (Fsp3) is 0.500. The highest BCUT2D eigenvalue weighted by atomic mass is 16.2. The molecule has 2 aromatic rings. The van der Waals surface area contributed by atoms with Crippen LogP contribution in [0.15, 0.2) is 10.9 Å². The molecular weight excluding hydrogens is 294 g/mol. The Morgan fingerprint density at radius 2 is 2.09 bits per heavy atom. The van der Waals surface area contributed by atoms with Crippen molar-refractivity contribution in [3.8, 4) is 0 Å². The molecule has 122 valence electrons. The summed E-state index contributed by atoms with van der Waals surface area (Å²) < 4.78 is 1.93. The number of rotatable bonds is 4. The van der Waals surface area contributed by atoms with Gasteiger partial charge in [0.05, 0.1) is 30.0 Å². The number of nitrogens with one attached hydrogen (secondary N) is 1. The molecule has 7 heteroatoms. The molecule has 23 heavy (non-hydrogen) atoms. The number of carbonyl (C=O) groups is 1. The molecule has 0 aromatic carbocycles. The van der Waals surface area contributed by atoms with E-state index < -0.39 is 0 Å². The zero-order valence-electron chi connectivity index (χ0n) is 13.7. The molecule has 0 saturated carbocycles.